The Kier molecular flexibility index (Phi) is 12.1. The number of sulfonamides is 1. The molecule has 46 heavy (non-hydrogen) atoms. The van der Waals surface area contributed by atoms with E-state index in [1.165, 1.54) is 49.6 Å². The van der Waals surface area contributed by atoms with Gasteiger partial charge in [0.2, 0.25) is 15.9 Å². The van der Waals surface area contributed by atoms with E-state index in [1.807, 2.05) is 7.05 Å². The van der Waals surface area contributed by atoms with Gasteiger partial charge in [0.05, 0.1) is 26.1 Å². The minimum atomic E-state index is -3.46. The van der Waals surface area contributed by atoms with Crippen molar-refractivity contribution in [3.05, 3.63) is 65.2 Å². The van der Waals surface area contributed by atoms with Gasteiger partial charge in [-0.15, -0.1) is 0 Å². The largest absolute Gasteiger partial charge is 0.453 e. The van der Waals surface area contributed by atoms with Gasteiger partial charge in [-0.05, 0) is 75.4 Å². The van der Waals surface area contributed by atoms with Gasteiger partial charge in [-0.3, -0.25) is 9.18 Å². The van der Waals surface area contributed by atoms with E-state index in [1.54, 1.807) is 4.31 Å². The Labute approximate surface area is 268 Å². The Hall–Kier alpha value is -3.20. The third-order valence-electron chi connectivity index (χ3n) is 9.16. The molecule has 2 aromatic carbocycles. The molecule has 0 radical (unpaired) electrons. The molecule has 10 nitrogen and oxygen atoms in total. The third-order valence-corrected chi connectivity index (χ3v) is 11.1. The molecule has 0 aliphatic carbocycles. The molecular weight excluding hydrogens is 625 g/mol. The van der Waals surface area contributed by atoms with Gasteiger partial charge in [0.1, 0.15) is 17.7 Å². The summed E-state index contributed by atoms with van der Waals surface area (Å²) in [5.74, 6) is -1.80. The second-order valence-electron chi connectivity index (χ2n) is 12.0. The average Bonchev–Trinajstić information content (AvgIpc) is 3.16. The molecule has 2 N–H and O–H groups in total. The molecule has 2 bridgehead atoms. The zero-order valence-electron chi connectivity index (χ0n) is 26.4. The first-order chi connectivity index (χ1) is 21.9. The zero-order valence-corrected chi connectivity index (χ0v) is 27.3. The van der Waals surface area contributed by atoms with Crippen LogP contribution in [0.1, 0.15) is 43.2 Å². The van der Waals surface area contributed by atoms with Crippen molar-refractivity contribution >= 4 is 27.7 Å². The van der Waals surface area contributed by atoms with Gasteiger partial charge >= 0.3 is 6.09 Å². The Balaban J connectivity index is 1.67. The molecule has 4 rings (SSSR count). The standard InChI is InChI=1S/C32H43F3N4O6S/c1-38-19-25(39-20-24(38)7-5-18-46(39,42)43)14-15-26-27(35)8-4-9-28(26)36-30(40)29(37-31(41)45-3)32(21-44-2,16-6-17-33)22-10-12-23(34)13-11-22/h4,8-13,24-25,29H,5-7,14-21H2,1-3H3,(H,36,40)(H,37,41)/t24?,25-,29+,32?/m0/s1. The predicted octanol–water partition coefficient (Wildman–Crippen LogP) is 4.00. The normalized spacial score (nSPS) is 23.0. The number of methoxy groups -OCH3 is 2. The first kappa shape index (κ1) is 35.7. The van der Waals surface area contributed by atoms with Crippen molar-refractivity contribution in [3.63, 3.8) is 0 Å². The number of nitrogens with zero attached hydrogens (tertiary/aromatic N) is 2. The number of alkyl carbamates (subject to hydrolysis) is 1. The summed E-state index contributed by atoms with van der Waals surface area (Å²) in [6.07, 6.45) is 0.881. The monoisotopic (exact) mass is 668 g/mol. The number of piperazine rings is 1. The molecule has 2 aromatic rings. The van der Waals surface area contributed by atoms with Crippen LogP contribution in [0.25, 0.3) is 0 Å². The highest BCUT2D eigenvalue weighted by molar-refractivity contribution is 7.89. The summed E-state index contributed by atoms with van der Waals surface area (Å²) in [6.45, 7) is 0.000360. The molecule has 5 atom stereocenters. The molecule has 254 valence electrons. The highest BCUT2D eigenvalue weighted by Crippen LogP contribution is 2.36. The third kappa shape index (κ3) is 8.01. The second-order valence-corrected chi connectivity index (χ2v) is 14.1. The van der Waals surface area contributed by atoms with E-state index in [2.05, 4.69) is 15.5 Å². The SMILES string of the molecule is COCC(CCCF)(c1ccc(F)cc1)[C@H](NC(=O)OC)C(=O)Nc1cccc(F)c1CC[C@H]1CN(C)C2CCCS(=O)(=O)N1C2. The maximum atomic E-state index is 15.4. The van der Waals surface area contributed by atoms with Crippen LogP contribution in [0.3, 0.4) is 0 Å². The van der Waals surface area contributed by atoms with Gasteiger partial charge in [0.25, 0.3) is 0 Å². The molecule has 2 saturated heterocycles. The van der Waals surface area contributed by atoms with Crippen LogP contribution in [-0.2, 0) is 36.1 Å². The van der Waals surface area contributed by atoms with Gasteiger partial charge < -0.3 is 25.0 Å². The molecule has 2 aliphatic rings. The second kappa shape index (κ2) is 15.6. The van der Waals surface area contributed by atoms with E-state index in [9.17, 15) is 26.8 Å². The van der Waals surface area contributed by atoms with Crippen LogP contribution in [0.5, 0.6) is 0 Å². The fourth-order valence-electron chi connectivity index (χ4n) is 6.77. The van der Waals surface area contributed by atoms with E-state index >= 15 is 4.39 Å². The Morgan fingerprint density at radius 2 is 1.85 bits per heavy atom. The summed E-state index contributed by atoms with van der Waals surface area (Å²) in [4.78, 5) is 28.9. The van der Waals surface area contributed by atoms with Crippen LogP contribution in [0.2, 0.25) is 0 Å². The van der Waals surface area contributed by atoms with Crippen molar-refractivity contribution < 1.29 is 40.7 Å². The van der Waals surface area contributed by atoms with E-state index < -0.39 is 51.8 Å². The van der Waals surface area contributed by atoms with Crippen LogP contribution >= 0.6 is 0 Å². The molecule has 14 heteroatoms. The molecule has 2 aliphatic heterocycles. The summed E-state index contributed by atoms with van der Waals surface area (Å²) in [7, 11) is 1.02. The maximum absolute atomic E-state index is 15.4. The summed E-state index contributed by atoms with van der Waals surface area (Å²) < 4.78 is 80.9. The minimum absolute atomic E-state index is 0.00527. The quantitative estimate of drug-likeness (QED) is 0.332. The number of ether oxygens (including phenoxy) is 2. The van der Waals surface area contributed by atoms with E-state index in [4.69, 9.17) is 9.47 Å². The smallest absolute Gasteiger partial charge is 0.407 e. The van der Waals surface area contributed by atoms with E-state index in [-0.39, 0.29) is 55.0 Å². The van der Waals surface area contributed by atoms with Crippen molar-refractivity contribution in [2.75, 3.05) is 58.7 Å². The van der Waals surface area contributed by atoms with E-state index in [0.717, 1.165) is 13.5 Å². The number of fused-ring (bicyclic) bond motifs is 2. The number of hydrogen-bond donors (Lipinski definition) is 2. The van der Waals surface area contributed by atoms with Gasteiger partial charge in [-0.1, -0.05) is 18.2 Å². The van der Waals surface area contributed by atoms with Gasteiger partial charge in [0, 0.05) is 48.9 Å². The lowest BCUT2D eigenvalue weighted by Gasteiger charge is -2.42. The minimum Gasteiger partial charge on any atom is -0.453 e. The molecule has 0 spiro atoms. The van der Waals surface area contributed by atoms with Crippen LogP contribution in [0, 0.1) is 11.6 Å². The van der Waals surface area contributed by atoms with Crippen molar-refractivity contribution in [3.8, 4) is 0 Å². The van der Waals surface area contributed by atoms with Crippen LogP contribution in [0.15, 0.2) is 42.5 Å². The fraction of sp³-hybridized carbons (Fsp3) is 0.562. The lowest BCUT2D eigenvalue weighted by atomic mass is 9.71. The first-order valence-corrected chi connectivity index (χ1v) is 17.0. The zero-order chi connectivity index (χ0) is 33.5. The lowest BCUT2D eigenvalue weighted by Crippen LogP contribution is -2.59. The number of carbonyl (C=O) groups excluding carboxylic acids is 2. The van der Waals surface area contributed by atoms with Crippen LogP contribution < -0.4 is 10.6 Å². The Morgan fingerprint density at radius 3 is 2.52 bits per heavy atom. The lowest BCUT2D eigenvalue weighted by molar-refractivity contribution is -0.120. The maximum Gasteiger partial charge on any atom is 0.407 e. The highest BCUT2D eigenvalue weighted by atomic mass is 32.2. The average molecular weight is 669 g/mol. The van der Waals surface area contributed by atoms with Crippen LogP contribution in [-0.4, -0.2) is 101 Å². The predicted molar refractivity (Wildman–Crippen MR) is 168 cm³/mol. The van der Waals surface area contributed by atoms with Gasteiger partial charge in [0.15, 0.2) is 0 Å². The fourth-order valence-corrected chi connectivity index (χ4v) is 8.56. The number of nitrogens with one attached hydrogen (secondary N) is 2. The summed E-state index contributed by atoms with van der Waals surface area (Å²) in [6, 6.07) is 7.83. The number of carbonyl (C=O) groups is 2. The molecule has 2 fully saturated rings. The number of likely N-dealkylation sites (N-methyl/N-ethyl adjacent to an activating group) is 1. The number of amides is 2. The Morgan fingerprint density at radius 1 is 1.11 bits per heavy atom. The van der Waals surface area contributed by atoms with Crippen LogP contribution in [0.4, 0.5) is 23.7 Å². The van der Waals surface area contributed by atoms with Crippen molar-refractivity contribution in [1.29, 1.82) is 0 Å². The summed E-state index contributed by atoms with van der Waals surface area (Å²) in [5, 5.41) is 5.31. The number of anilines is 1. The van der Waals surface area contributed by atoms with Crippen molar-refractivity contribution in [2.45, 2.75) is 62.1 Å². The highest BCUT2D eigenvalue weighted by Gasteiger charge is 2.46. The van der Waals surface area contributed by atoms with Crippen molar-refractivity contribution in [2.24, 2.45) is 0 Å². The number of hydrogen-bond acceptors (Lipinski definition) is 7. The molecule has 2 amide bonds. The van der Waals surface area contributed by atoms with Gasteiger partial charge in [-0.25, -0.2) is 22.0 Å². The molecule has 0 saturated carbocycles. The molecule has 2 heterocycles. The Bertz CT molecular complexity index is 1460. The summed E-state index contributed by atoms with van der Waals surface area (Å²) >= 11 is 0. The van der Waals surface area contributed by atoms with E-state index in [0.29, 0.717) is 31.5 Å². The van der Waals surface area contributed by atoms with Gasteiger partial charge in [-0.2, -0.15) is 4.31 Å². The first-order valence-electron chi connectivity index (χ1n) is 15.4. The molecule has 3 unspecified atom stereocenters. The van der Waals surface area contributed by atoms with Crippen molar-refractivity contribution in [1.82, 2.24) is 14.5 Å². The summed E-state index contributed by atoms with van der Waals surface area (Å²) in [5.41, 5.74) is -0.644. The topological polar surface area (TPSA) is 117 Å². The number of benzene rings is 2. The number of alkyl halides is 1. The molecular formula is C32H43F3N4O6S. The number of rotatable bonds is 13. The number of halogens is 3. The molecule has 0 aromatic heterocycles.